The predicted octanol–water partition coefficient (Wildman–Crippen LogP) is 2.05. The van der Waals surface area contributed by atoms with Crippen LogP contribution >= 0.6 is 15.9 Å². The lowest BCUT2D eigenvalue weighted by atomic mass is 10.1. The van der Waals surface area contributed by atoms with Gasteiger partial charge in [-0.05, 0) is 21.5 Å². The monoisotopic (exact) mass is 264 g/mol. The Morgan fingerprint density at radius 2 is 2.29 bits per heavy atom. The first-order valence-electron chi connectivity index (χ1n) is 3.72. The highest BCUT2D eigenvalue weighted by Crippen LogP contribution is 2.28. The summed E-state index contributed by atoms with van der Waals surface area (Å²) < 4.78 is 25.1. The molecule has 0 aliphatic rings. The van der Waals surface area contributed by atoms with Crippen molar-refractivity contribution in [2.45, 2.75) is 13.0 Å². The lowest BCUT2D eigenvalue weighted by Crippen LogP contribution is -2.06. The second-order valence-electron chi connectivity index (χ2n) is 2.51. The van der Waals surface area contributed by atoms with Crippen molar-refractivity contribution in [3.63, 3.8) is 0 Å². The molecule has 1 rings (SSSR count). The van der Waals surface area contributed by atoms with E-state index >= 15 is 0 Å². The van der Waals surface area contributed by atoms with Crippen molar-refractivity contribution in [2.24, 2.45) is 5.73 Å². The molecule has 0 fully saturated rings. The zero-order chi connectivity index (χ0) is 10.7. The Bertz CT molecular complexity index is 357. The highest BCUT2D eigenvalue weighted by molar-refractivity contribution is 9.10. The molecule has 1 aromatic rings. The van der Waals surface area contributed by atoms with Crippen molar-refractivity contribution < 1.29 is 13.6 Å². The first-order chi connectivity index (χ1) is 6.61. The van der Waals surface area contributed by atoms with E-state index in [1.807, 2.05) is 0 Å². The molecule has 14 heavy (non-hydrogen) atoms. The molecule has 0 aliphatic carbocycles. The Kier molecular flexibility index (Phi) is 3.65. The second-order valence-corrected chi connectivity index (χ2v) is 3.31. The van der Waals surface area contributed by atoms with E-state index < -0.39 is 6.43 Å². The molecule has 0 saturated carbocycles. The van der Waals surface area contributed by atoms with Crippen LogP contribution in [0, 0.1) is 0 Å². The standard InChI is InChI=1S/C8H7BrF2N2O/c9-7-4(1-12)5(8(10)11)2-13-6(7)3-14/h2-3,8H,1,12H2. The van der Waals surface area contributed by atoms with E-state index in [-0.39, 0.29) is 27.8 Å². The molecule has 2 N–H and O–H groups in total. The maximum atomic E-state index is 12.4. The Hall–Kier alpha value is -0.880. The van der Waals surface area contributed by atoms with Crippen LogP contribution in [0.15, 0.2) is 10.7 Å². The highest BCUT2D eigenvalue weighted by Gasteiger charge is 2.17. The fraction of sp³-hybridized carbons (Fsp3) is 0.250. The quantitative estimate of drug-likeness (QED) is 0.851. The van der Waals surface area contributed by atoms with E-state index in [4.69, 9.17) is 5.73 Å². The Morgan fingerprint density at radius 3 is 2.71 bits per heavy atom. The minimum atomic E-state index is -2.64. The van der Waals surface area contributed by atoms with Gasteiger partial charge in [0.15, 0.2) is 6.29 Å². The van der Waals surface area contributed by atoms with Crippen LogP contribution in [0.1, 0.15) is 28.0 Å². The molecular weight excluding hydrogens is 258 g/mol. The molecule has 0 amide bonds. The van der Waals surface area contributed by atoms with E-state index in [0.717, 1.165) is 6.20 Å². The lowest BCUT2D eigenvalue weighted by molar-refractivity contribution is 0.111. The van der Waals surface area contributed by atoms with E-state index in [2.05, 4.69) is 20.9 Å². The number of nitrogens with two attached hydrogens (primary N) is 1. The Morgan fingerprint density at radius 1 is 1.64 bits per heavy atom. The van der Waals surface area contributed by atoms with Gasteiger partial charge in [0.05, 0.1) is 4.47 Å². The largest absolute Gasteiger partial charge is 0.326 e. The molecule has 6 heteroatoms. The zero-order valence-electron chi connectivity index (χ0n) is 7.01. The minimum absolute atomic E-state index is 0.0659. The number of aromatic nitrogens is 1. The van der Waals surface area contributed by atoms with Gasteiger partial charge in [-0.3, -0.25) is 9.78 Å². The second kappa shape index (κ2) is 4.56. The van der Waals surface area contributed by atoms with Crippen molar-refractivity contribution >= 4 is 22.2 Å². The third kappa shape index (κ3) is 1.96. The normalized spacial score (nSPS) is 10.6. The van der Waals surface area contributed by atoms with Gasteiger partial charge < -0.3 is 5.73 Å². The molecule has 1 heterocycles. The van der Waals surface area contributed by atoms with Gasteiger partial charge in [-0.1, -0.05) is 0 Å². The van der Waals surface area contributed by atoms with E-state index in [1.54, 1.807) is 0 Å². The van der Waals surface area contributed by atoms with Crippen molar-refractivity contribution in [1.82, 2.24) is 4.98 Å². The molecule has 1 aromatic heterocycles. The fourth-order valence-electron chi connectivity index (χ4n) is 1.03. The number of hydrogen-bond donors (Lipinski definition) is 1. The maximum absolute atomic E-state index is 12.4. The van der Waals surface area contributed by atoms with Crippen LogP contribution in [0.3, 0.4) is 0 Å². The number of alkyl halides is 2. The Balaban J connectivity index is 3.35. The maximum Gasteiger partial charge on any atom is 0.265 e. The van der Waals surface area contributed by atoms with Gasteiger partial charge in [0, 0.05) is 18.3 Å². The first-order valence-corrected chi connectivity index (χ1v) is 4.51. The van der Waals surface area contributed by atoms with Crippen molar-refractivity contribution in [2.75, 3.05) is 0 Å². The predicted molar refractivity (Wildman–Crippen MR) is 50.2 cm³/mol. The summed E-state index contributed by atoms with van der Waals surface area (Å²) in [5.74, 6) is 0. The van der Waals surface area contributed by atoms with Crippen LogP contribution in [0.25, 0.3) is 0 Å². The molecule has 3 nitrogen and oxygen atoms in total. The van der Waals surface area contributed by atoms with Gasteiger partial charge in [0.2, 0.25) is 0 Å². The van der Waals surface area contributed by atoms with Gasteiger partial charge in [-0.25, -0.2) is 8.78 Å². The Labute approximate surface area is 87.4 Å². The van der Waals surface area contributed by atoms with Gasteiger partial charge in [-0.2, -0.15) is 0 Å². The lowest BCUT2D eigenvalue weighted by Gasteiger charge is -2.09. The third-order valence-electron chi connectivity index (χ3n) is 1.73. The summed E-state index contributed by atoms with van der Waals surface area (Å²) in [4.78, 5) is 14.0. The fourth-order valence-corrected chi connectivity index (χ4v) is 1.62. The zero-order valence-corrected chi connectivity index (χ0v) is 8.59. The molecule has 0 unspecified atom stereocenters. The van der Waals surface area contributed by atoms with Crippen LogP contribution < -0.4 is 5.73 Å². The van der Waals surface area contributed by atoms with Crippen LogP contribution in [0.2, 0.25) is 0 Å². The van der Waals surface area contributed by atoms with Crippen LogP contribution in [0.4, 0.5) is 8.78 Å². The number of hydrogen-bond acceptors (Lipinski definition) is 3. The molecule has 0 spiro atoms. The van der Waals surface area contributed by atoms with E-state index in [1.165, 1.54) is 0 Å². The summed E-state index contributed by atoms with van der Waals surface area (Å²) in [6.45, 7) is -0.0659. The summed E-state index contributed by atoms with van der Waals surface area (Å²) in [7, 11) is 0. The molecular formula is C8H7BrF2N2O. The number of aldehydes is 1. The minimum Gasteiger partial charge on any atom is -0.326 e. The number of rotatable bonds is 3. The summed E-state index contributed by atoms with van der Waals surface area (Å²) in [5.41, 5.74) is 5.36. The van der Waals surface area contributed by atoms with Crippen molar-refractivity contribution in [1.29, 1.82) is 0 Å². The van der Waals surface area contributed by atoms with Crippen molar-refractivity contribution in [3.8, 4) is 0 Å². The van der Waals surface area contributed by atoms with Crippen LogP contribution in [-0.2, 0) is 6.54 Å². The number of pyridine rings is 1. The molecule has 0 atom stereocenters. The summed E-state index contributed by atoms with van der Waals surface area (Å²) in [6, 6.07) is 0. The molecule has 0 aliphatic heterocycles. The molecule has 0 bridgehead atoms. The molecule has 0 aromatic carbocycles. The first kappa shape index (κ1) is 11.2. The average molecular weight is 265 g/mol. The molecule has 0 radical (unpaired) electrons. The summed E-state index contributed by atoms with van der Waals surface area (Å²) in [6.07, 6.45) is -1.18. The topological polar surface area (TPSA) is 56.0 Å². The number of halogens is 3. The van der Waals surface area contributed by atoms with Gasteiger partial charge in [-0.15, -0.1) is 0 Å². The molecule has 0 saturated heterocycles. The number of carbonyl (C=O) groups is 1. The molecule has 76 valence electrons. The van der Waals surface area contributed by atoms with E-state index in [0.29, 0.717) is 6.29 Å². The van der Waals surface area contributed by atoms with Crippen LogP contribution in [0.5, 0.6) is 0 Å². The van der Waals surface area contributed by atoms with Crippen LogP contribution in [-0.4, -0.2) is 11.3 Å². The summed E-state index contributed by atoms with van der Waals surface area (Å²) >= 11 is 3.01. The number of carbonyl (C=O) groups excluding carboxylic acids is 1. The van der Waals surface area contributed by atoms with Gasteiger partial charge in [0.25, 0.3) is 6.43 Å². The average Bonchev–Trinajstić information content (AvgIpc) is 2.17. The number of nitrogens with zero attached hydrogens (tertiary/aromatic N) is 1. The third-order valence-corrected chi connectivity index (χ3v) is 2.62. The highest BCUT2D eigenvalue weighted by atomic mass is 79.9. The summed E-state index contributed by atoms with van der Waals surface area (Å²) in [5, 5.41) is 0. The van der Waals surface area contributed by atoms with Crippen molar-refractivity contribution in [3.05, 3.63) is 27.5 Å². The SMILES string of the molecule is NCc1c(C(F)F)cnc(C=O)c1Br. The van der Waals surface area contributed by atoms with Gasteiger partial charge in [0.1, 0.15) is 5.69 Å². The van der Waals surface area contributed by atoms with Gasteiger partial charge >= 0.3 is 0 Å². The smallest absolute Gasteiger partial charge is 0.265 e. The van der Waals surface area contributed by atoms with E-state index in [9.17, 15) is 13.6 Å².